The van der Waals surface area contributed by atoms with Crippen molar-refractivity contribution in [1.82, 2.24) is 20.4 Å². The highest BCUT2D eigenvalue weighted by Gasteiger charge is 2.18. The van der Waals surface area contributed by atoms with Crippen LogP contribution in [0.3, 0.4) is 0 Å². The smallest absolute Gasteiger partial charge is 0.287 e. The number of hydrogen-bond acceptors (Lipinski definition) is 5. The molecule has 2 N–H and O–H groups in total. The first-order valence-corrected chi connectivity index (χ1v) is 10.2. The van der Waals surface area contributed by atoms with E-state index in [4.69, 9.17) is 4.42 Å². The van der Waals surface area contributed by atoms with Gasteiger partial charge in [0.25, 0.3) is 5.91 Å². The van der Waals surface area contributed by atoms with Crippen LogP contribution in [0.4, 0.5) is 0 Å². The van der Waals surface area contributed by atoms with E-state index >= 15 is 0 Å². The minimum atomic E-state index is -0.645. The molecule has 0 bridgehead atoms. The molecule has 1 saturated heterocycles. The first-order chi connectivity index (χ1) is 14.0. The molecule has 1 atom stereocenters. The Morgan fingerprint density at radius 1 is 1.03 bits per heavy atom. The van der Waals surface area contributed by atoms with Crippen molar-refractivity contribution in [2.75, 3.05) is 32.7 Å². The van der Waals surface area contributed by atoms with Crippen LogP contribution in [0, 0.1) is 0 Å². The molecule has 3 rings (SSSR count). The fourth-order valence-electron chi connectivity index (χ4n) is 3.37. The summed E-state index contributed by atoms with van der Waals surface area (Å²) < 4.78 is 5.03. The van der Waals surface area contributed by atoms with Crippen LogP contribution < -0.4 is 10.6 Å². The molecule has 1 fully saturated rings. The summed E-state index contributed by atoms with van der Waals surface area (Å²) in [5.41, 5.74) is 2.31. The Kier molecular flexibility index (Phi) is 7.43. The molecule has 0 spiro atoms. The minimum absolute atomic E-state index is 0.191. The van der Waals surface area contributed by atoms with Crippen molar-refractivity contribution < 1.29 is 14.0 Å². The lowest BCUT2D eigenvalue weighted by molar-refractivity contribution is -0.122. The van der Waals surface area contributed by atoms with Gasteiger partial charge in [-0.15, -0.1) is 0 Å². The molecular weight excluding hydrogens is 368 g/mol. The second kappa shape index (κ2) is 10.2. The van der Waals surface area contributed by atoms with Crippen LogP contribution in [-0.2, 0) is 17.9 Å². The van der Waals surface area contributed by atoms with Gasteiger partial charge in [0.2, 0.25) is 5.91 Å². The van der Waals surface area contributed by atoms with E-state index in [-0.39, 0.29) is 11.7 Å². The van der Waals surface area contributed by atoms with Crippen LogP contribution in [-0.4, -0.2) is 60.4 Å². The molecule has 1 aliphatic heterocycles. The maximum absolute atomic E-state index is 12.2. The van der Waals surface area contributed by atoms with Gasteiger partial charge in [-0.1, -0.05) is 31.2 Å². The van der Waals surface area contributed by atoms with E-state index < -0.39 is 11.9 Å². The lowest BCUT2D eigenvalue weighted by Gasteiger charge is -2.34. The normalized spacial score (nSPS) is 16.3. The zero-order valence-electron chi connectivity index (χ0n) is 17.2. The molecule has 2 aromatic rings. The SMILES string of the molecule is CCN1CCN(Cc2ccc(CNC(=O)[C@@H](C)NC(=O)c3ccco3)cc2)CC1. The van der Waals surface area contributed by atoms with Crippen LogP contribution in [0.2, 0.25) is 0 Å². The number of carbonyl (C=O) groups excluding carboxylic acids is 2. The number of carbonyl (C=O) groups is 2. The van der Waals surface area contributed by atoms with Crippen LogP contribution >= 0.6 is 0 Å². The number of amides is 2. The Morgan fingerprint density at radius 3 is 2.31 bits per heavy atom. The van der Waals surface area contributed by atoms with Crippen molar-refractivity contribution in [2.45, 2.75) is 33.0 Å². The number of piperazine rings is 1. The fourth-order valence-corrected chi connectivity index (χ4v) is 3.37. The van der Waals surface area contributed by atoms with Gasteiger partial charge in [-0.3, -0.25) is 14.5 Å². The molecule has 29 heavy (non-hydrogen) atoms. The first kappa shape index (κ1) is 21.1. The van der Waals surface area contributed by atoms with Gasteiger partial charge in [-0.25, -0.2) is 0 Å². The molecule has 156 valence electrons. The largest absolute Gasteiger partial charge is 0.459 e. The molecule has 0 aliphatic carbocycles. The van der Waals surface area contributed by atoms with E-state index in [1.807, 2.05) is 12.1 Å². The van der Waals surface area contributed by atoms with Gasteiger partial charge in [0.15, 0.2) is 5.76 Å². The third-order valence-electron chi connectivity index (χ3n) is 5.29. The summed E-state index contributed by atoms with van der Waals surface area (Å²) in [6.45, 7) is 10.8. The topological polar surface area (TPSA) is 77.8 Å². The summed E-state index contributed by atoms with van der Waals surface area (Å²) in [6, 6.07) is 10.9. The Morgan fingerprint density at radius 2 is 1.69 bits per heavy atom. The van der Waals surface area contributed by atoms with Crippen molar-refractivity contribution in [3.05, 3.63) is 59.5 Å². The van der Waals surface area contributed by atoms with Crippen molar-refractivity contribution in [1.29, 1.82) is 0 Å². The average molecular weight is 399 g/mol. The molecule has 1 aromatic heterocycles. The Balaban J connectivity index is 1.41. The molecule has 2 heterocycles. The summed E-state index contributed by atoms with van der Waals surface area (Å²) in [5, 5.41) is 5.49. The number of benzene rings is 1. The maximum Gasteiger partial charge on any atom is 0.287 e. The highest BCUT2D eigenvalue weighted by Crippen LogP contribution is 2.10. The predicted octanol–water partition coefficient (Wildman–Crippen LogP) is 1.85. The van der Waals surface area contributed by atoms with Crippen molar-refractivity contribution in [3.63, 3.8) is 0 Å². The highest BCUT2D eigenvalue weighted by molar-refractivity contribution is 5.95. The van der Waals surface area contributed by atoms with Crippen LogP contribution in [0.15, 0.2) is 47.1 Å². The third-order valence-corrected chi connectivity index (χ3v) is 5.29. The zero-order valence-corrected chi connectivity index (χ0v) is 17.2. The van der Waals surface area contributed by atoms with Gasteiger partial charge < -0.3 is 20.0 Å². The van der Waals surface area contributed by atoms with Gasteiger partial charge in [0.05, 0.1) is 6.26 Å². The van der Waals surface area contributed by atoms with E-state index in [0.717, 1.165) is 44.8 Å². The van der Waals surface area contributed by atoms with Crippen LogP contribution in [0.25, 0.3) is 0 Å². The van der Waals surface area contributed by atoms with Gasteiger partial charge in [0, 0.05) is 39.3 Å². The molecule has 1 aromatic carbocycles. The number of hydrogen-bond donors (Lipinski definition) is 2. The second-order valence-corrected chi connectivity index (χ2v) is 7.42. The highest BCUT2D eigenvalue weighted by atomic mass is 16.3. The third kappa shape index (κ3) is 6.17. The number of nitrogens with one attached hydrogen (secondary N) is 2. The summed E-state index contributed by atoms with van der Waals surface area (Å²) in [6.07, 6.45) is 1.43. The van der Waals surface area contributed by atoms with E-state index in [0.29, 0.717) is 6.54 Å². The number of nitrogens with zero attached hydrogens (tertiary/aromatic N) is 2. The summed E-state index contributed by atoms with van der Waals surface area (Å²) in [5.74, 6) is -0.444. The monoisotopic (exact) mass is 398 g/mol. The van der Waals surface area contributed by atoms with Crippen molar-refractivity contribution in [2.24, 2.45) is 0 Å². The Bertz CT molecular complexity index is 781. The lowest BCUT2D eigenvalue weighted by atomic mass is 10.1. The van der Waals surface area contributed by atoms with Gasteiger partial charge in [0.1, 0.15) is 6.04 Å². The minimum Gasteiger partial charge on any atom is -0.459 e. The van der Waals surface area contributed by atoms with Crippen LogP contribution in [0.5, 0.6) is 0 Å². The summed E-state index contributed by atoms with van der Waals surface area (Å²) in [7, 11) is 0. The summed E-state index contributed by atoms with van der Waals surface area (Å²) in [4.78, 5) is 29.1. The molecule has 7 nitrogen and oxygen atoms in total. The molecular formula is C22H30N4O3. The molecule has 7 heteroatoms. The van der Waals surface area contributed by atoms with Crippen LogP contribution in [0.1, 0.15) is 35.5 Å². The van der Waals surface area contributed by atoms with E-state index in [1.165, 1.54) is 11.8 Å². The fraction of sp³-hybridized carbons (Fsp3) is 0.455. The standard InChI is InChI=1S/C22H30N4O3/c1-3-25-10-12-26(13-11-25)16-19-8-6-18(7-9-19)15-23-21(27)17(2)24-22(28)20-5-4-14-29-20/h4-9,14,17H,3,10-13,15-16H2,1-2H3,(H,23,27)(H,24,28)/t17-/m1/s1. The van der Waals surface area contributed by atoms with E-state index in [9.17, 15) is 9.59 Å². The number of rotatable bonds is 8. The zero-order chi connectivity index (χ0) is 20.6. The molecule has 0 unspecified atom stereocenters. The Labute approximate surface area is 172 Å². The molecule has 1 aliphatic rings. The lowest BCUT2D eigenvalue weighted by Crippen LogP contribution is -2.45. The van der Waals surface area contributed by atoms with Crippen molar-refractivity contribution >= 4 is 11.8 Å². The second-order valence-electron chi connectivity index (χ2n) is 7.42. The number of furan rings is 1. The van der Waals surface area contributed by atoms with E-state index in [1.54, 1.807) is 19.1 Å². The average Bonchev–Trinajstić information content (AvgIpc) is 3.28. The van der Waals surface area contributed by atoms with Gasteiger partial charge >= 0.3 is 0 Å². The number of likely N-dealkylation sites (N-methyl/N-ethyl adjacent to an activating group) is 1. The van der Waals surface area contributed by atoms with Crippen molar-refractivity contribution in [3.8, 4) is 0 Å². The molecule has 0 radical (unpaired) electrons. The maximum atomic E-state index is 12.2. The summed E-state index contributed by atoms with van der Waals surface area (Å²) >= 11 is 0. The molecule has 2 amide bonds. The Hall–Kier alpha value is -2.64. The quantitative estimate of drug-likeness (QED) is 0.710. The van der Waals surface area contributed by atoms with Gasteiger partial charge in [-0.2, -0.15) is 0 Å². The predicted molar refractivity (Wildman–Crippen MR) is 111 cm³/mol. The van der Waals surface area contributed by atoms with E-state index in [2.05, 4.69) is 39.5 Å². The van der Waals surface area contributed by atoms with Gasteiger partial charge in [-0.05, 0) is 36.7 Å². The molecule has 0 saturated carbocycles. The first-order valence-electron chi connectivity index (χ1n) is 10.2.